The van der Waals surface area contributed by atoms with Gasteiger partial charge in [0, 0.05) is 19.4 Å². The van der Waals surface area contributed by atoms with Gasteiger partial charge in [0.25, 0.3) is 0 Å². The van der Waals surface area contributed by atoms with E-state index in [1.807, 2.05) is 18.3 Å². The third kappa shape index (κ3) is 2.94. The Bertz CT molecular complexity index is 462. The maximum Gasteiger partial charge on any atom is 0.157 e. The number of hydrogen-bond acceptors (Lipinski definition) is 4. The van der Waals surface area contributed by atoms with Gasteiger partial charge in [-0.1, -0.05) is 13.3 Å². The molecule has 0 aliphatic carbocycles. The topological polar surface area (TPSA) is 51.5 Å². The number of anilines is 1. The summed E-state index contributed by atoms with van der Waals surface area (Å²) in [5.41, 5.74) is 0.850. The first-order chi connectivity index (χ1) is 8.33. The summed E-state index contributed by atoms with van der Waals surface area (Å²) in [6.45, 7) is 2.86. The van der Waals surface area contributed by atoms with Gasteiger partial charge in [0.2, 0.25) is 0 Å². The SMILES string of the molecule is CCCC(COC)Nc1ccn2nccc2n1. The van der Waals surface area contributed by atoms with E-state index in [1.54, 1.807) is 17.8 Å². The minimum absolute atomic E-state index is 0.308. The van der Waals surface area contributed by atoms with E-state index in [0.717, 1.165) is 24.3 Å². The van der Waals surface area contributed by atoms with Gasteiger partial charge in [-0.3, -0.25) is 0 Å². The van der Waals surface area contributed by atoms with Gasteiger partial charge in [-0.15, -0.1) is 0 Å². The van der Waals surface area contributed by atoms with Gasteiger partial charge >= 0.3 is 0 Å². The summed E-state index contributed by atoms with van der Waals surface area (Å²) in [7, 11) is 1.72. The molecule has 92 valence electrons. The van der Waals surface area contributed by atoms with Gasteiger partial charge in [-0.05, 0) is 12.5 Å². The molecule has 0 fully saturated rings. The molecule has 0 saturated heterocycles. The molecule has 1 atom stereocenters. The van der Waals surface area contributed by atoms with E-state index in [4.69, 9.17) is 4.74 Å². The number of hydrogen-bond donors (Lipinski definition) is 1. The van der Waals surface area contributed by atoms with Crippen LogP contribution < -0.4 is 5.32 Å². The zero-order chi connectivity index (χ0) is 12.1. The van der Waals surface area contributed by atoms with Crippen molar-refractivity contribution in [1.29, 1.82) is 0 Å². The van der Waals surface area contributed by atoms with Crippen LogP contribution in [0.5, 0.6) is 0 Å². The molecular weight excluding hydrogens is 216 g/mol. The Kier molecular flexibility index (Phi) is 3.93. The van der Waals surface area contributed by atoms with E-state index in [1.165, 1.54) is 0 Å². The van der Waals surface area contributed by atoms with Crippen LogP contribution in [0.25, 0.3) is 5.65 Å². The lowest BCUT2D eigenvalue weighted by molar-refractivity contribution is 0.182. The highest BCUT2D eigenvalue weighted by Crippen LogP contribution is 2.10. The standard InChI is InChI=1S/C12H18N4O/c1-3-4-10(9-17-2)14-11-6-8-16-12(15-11)5-7-13-16/h5-8,10H,3-4,9H2,1-2H3,(H,14,15). The Hall–Kier alpha value is -1.62. The van der Waals surface area contributed by atoms with Crippen LogP contribution in [0.15, 0.2) is 24.5 Å². The number of fused-ring (bicyclic) bond motifs is 1. The van der Waals surface area contributed by atoms with E-state index >= 15 is 0 Å². The number of aromatic nitrogens is 3. The van der Waals surface area contributed by atoms with Gasteiger partial charge < -0.3 is 10.1 Å². The third-order valence-corrected chi connectivity index (χ3v) is 2.62. The Morgan fingerprint density at radius 3 is 3.12 bits per heavy atom. The van der Waals surface area contributed by atoms with Crippen molar-refractivity contribution in [2.45, 2.75) is 25.8 Å². The van der Waals surface area contributed by atoms with E-state index in [0.29, 0.717) is 12.6 Å². The first kappa shape index (κ1) is 11.9. The number of rotatable bonds is 6. The molecule has 2 rings (SSSR count). The summed E-state index contributed by atoms with van der Waals surface area (Å²) in [6, 6.07) is 4.12. The van der Waals surface area contributed by atoms with Crippen LogP contribution in [0.1, 0.15) is 19.8 Å². The van der Waals surface area contributed by atoms with Crippen molar-refractivity contribution >= 4 is 11.5 Å². The number of methoxy groups -OCH3 is 1. The van der Waals surface area contributed by atoms with Gasteiger partial charge in [-0.25, -0.2) is 9.50 Å². The summed E-state index contributed by atoms with van der Waals surface area (Å²) in [5.74, 6) is 0.869. The summed E-state index contributed by atoms with van der Waals surface area (Å²) < 4.78 is 6.94. The van der Waals surface area contributed by atoms with Crippen molar-refractivity contribution in [2.24, 2.45) is 0 Å². The Balaban J connectivity index is 2.09. The molecule has 1 unspecified atom stereocenters. The molecule has 0 spiro atoms. The zero-order valence-electron chi connectivity index (χ0n) is 10.3. The van der Waals surface area contributed by atoms with Gasteiger partial charge in [0.15, 0.2) is 5.65 Å². The van der Waals surface area contributed by atoms with Crippen LogP contribution >= 0.6 is 0 Å². The average Bonchev–Trinajstić information content (AvgIpc) is 2.77. The van der Waals surface area contributed by atoms with Crippen LogP contribution in [0, 0.1) is 0 Å². The first-order valence-electron chi connectivity index (χ1n) is 5.89. The molecule has 0 saturated carbocycles. The maximum absolute atomic E-state index is 5.19. The largest absolute Gasteiger partial charge is 0.383 e. The van der Waals surface area contributed by atoms with Crippen LogP contribution in [0.2, 0.25) is 0 Å². The molecule has 17 heavy (non-hydrogen) atoms. The second-order valence-corrected chi connectivity index (χ2v) is 4.03. The zero-order valence-corrected chi connectivity index (χ0v) is 10.3. The smallest absolute Gasteiger partial charge is 0.157 e. The average molecular weight is 234 g/mol. The molecule has 0 aliphatic heterocycles. The summed E-state index contributed by atoms with van der Waals surface area (Å²) in [4.78, 5) is 4.47. The second-order valence-electron chi connectivity index (χ2n) is 4.03. The fraction of sp³-hybridized carbons (Fsp3) is 0.500. The van der Waals surface area contributed by atoms with Crippen molar-refractivity contribution in [2.75, 3.05) is 19.0 Å². The van der Waals surface area contributed by atoms with Gasteiger partial charge in [-0.2, -0.15) is 5.10 Å². The Morgan fingerprint density at radius 1 is 1.47 bits per heavy atom. The summed E-state index contributed by atoms with van der Waals surface area (Å²) in [6.07, 6.45) is 5.83. The quantitative estimate of drug-likeness (QED) is 0.830. The van der Waals surface area contributed by atoms with Crippen molar-refractivity contribution in [1.82, 2.24) is 14.6 Å². The Morgan fingerprint density at radius 2 is 2.35 bits per heavy atom. The minimum atomic E-state index is 0.308. The lowest BCUT2D eigenvalue weighted by Gasteiger charge is -2.17. The van der Waals surface area contributed by atoms with Crippen LogP contribution in [0.4, 0.5) is 5.82 Å². The molecule has 2 aromatic rings. The highest BCUT2D eigenvalue weighted by atomic mass is 16.5. The highest BCUT2D eigenvalue weighted by Gasteiger charge is 2.08. The number of nitrogens with one attached hydrogen (secondary N) is 1. The lowest BCUT2D eigenvalue weighted by atomic mass is 10.2. The molecular formula is C12H18N4O. The van der Waals surface area contributed by atoms with Crippen LogP contribution in [0.3, 0.4) is 0 Å². The fourth-order valence-corrected chi connectivity index (χ4v) is 1.85. The van der Waals surface area contributed by atoms with Gasteiger partial charge in [0.05, 0.1) is 18.8 Å². The molecule has 5 heteroatoms. The molecule has 2 aromatic heterocycles. The molecule has 2 heterocycles. The van der Waals surface area contributed by atoms with Crippen molar-refractivity contribution in [3.63, 3.8) is 0 Å². The predicted molar refractivity (Wildman–Crippen MR) is 67.2 cm³/mol. The van der Waals surface area contributed by atoms with E-state index in [2.05, 4.69) is 22.3 Å². The molecule has 0 bridgehead atoms. The number of ether oxygens (including phenoxy) is 1. The van der Waals surface area contributed by atoms with Gasteiger partial charge in [0.1, 0.15) is 5.82 Å². The Labute approximate surface area is 101 Å². The molecule has 0 amide bonds. The second kappa shape index (κ2) is 5.63. The van der Waals surface area contributed by atoms with E-state index in [9.17, 15) is 0 Å². The van der Waals surface area contributed by atoms with Crippen LogP contribution in [-0.4, -0.2) is 34.4 Å². The van der Waals surface area contributed by atoms with Crippen molar-refractivity contribution < 1.29 is 4.74 Å². The van der Waals surface area contributed by atoms with Crippen molar-refractivity contribution in [3.05, 3.63) is 24.5 Å². The molecule has 0 aliphatic rings. The maximum atomic E-state index is 5.19. The first-order valence-corrected chi connectivity index (χ1v) is 5.89. The van der Waals surface area contributed by atoms with Crippen molar-refractivity contribution in [3.8, 4) is 0 Å². The fourth-order valence-electron chi connectivity index (χ4n) is 1.85. The minimum Gasteiger partial charge on any atom is -0.383 e. The van der Waals surface area contributed by atoms with E-state index < -0.39 is 0 Å². The normalized spacial score (nSPS) is 12.8. The lowest BCUT2D eigenvalue weighted by Crippen LogP contribution is -2.25. The van der Waals surface area contributed by atoms with E-state index in [-0.39, 0.29) is 0 Å². The highest BCUT2D eigenvalue weighted by molar-refractivity contribution is 5.45. The molecule has 1 N–H and O–H groups in total. The number of nitrogens with zero attached hydrogens (tertiary/aromatic N) is 3. The summed E-state index contributed by atoms with van der Waals surface area (Å²) in [5, 5.41) is 7.50. The molecule has 0 radical (unpaired) electrons. The van der Waals surface area contributed by atoms with Crippen LogP contribution in [-0.2, 0) is 4.74 Å². The third-order valence-electron chi connectivity index (χ3n) is 2.62. The summed E-state index contributed by atoms with van der Waals surface area (Å²) >= 11 is 0. The monoisotopic (exact) mass is 234 g/mol. The predicted octanol–water partition coefficient (Wildman–Crippen LogP) is 1.96. The molecule has 0 aromatic carbocycles. The molecule has 5 nitrogen and oxygen atoms in total.